The first-order valence-electron chi connectivity index (χ1n) is 8.50. The first-order chi connectivity index (χ1) is 13.7. The van der Waals surface area contributed by atoms with Crippen molar-refractivity contribution < 1.29 is 13.9 Å². The third-order valence-electron chi connectivity index (χ3n) is 4.14. The van der Waals surface area contributed by atoms with Gasteiger partial charge in [0.25, 0.3) is 5.91 Å². The molecule has 2 aromatic carbocycles. The molecule has 2 aromatic heterocycles. The van der Waals surface area contributed by atoms with E-state index in [1.807, 2.05) is 30.3 Å². The van der Waals surface area contributed by atoms with Crippen molar-refractivity contribution in [3.05, 3.63) is 83.7 Å². The predicted molar refractivity (Wildman–Crippen MR) is 107 cm³/mol. The van der Waals surface area contributed by atoms with E-state index >= 15 is 0 Å². The summed E-state index contributed by atoms with van der Waals surface area (Å²) < 4.78 is 12.1. The Morgan fingerprint density at radius 2 is 1.93 bits per heavy atom. The third-order valence-corrected chi connectivity index (χ3v) is 4.45. The molecular formula is C21H16ClN3O3. The number of nitrogens with zero attached hydrogens (tertiary/aromatic N) is 2. The Morgan fingerprint density at radius 1 is 1.11 bits per heavy atom. The van der Waals surface area contributed by atoms with Gasteiger partial charge in [-0.2, -0.15) is 5.10 Å². The maximum absolute atomic E-state index is 13.0. The lowest BCUT2D eigenvalue weighted by Crippen LogP contribution is -2.17. The third kappa shape index (κ3) is 3.50. The zero-order chi connectivity index (χ0) is 19.5. The molecule has 1 N–H and O–H groups in total. The van der Waals surface area contributed by atoms with Gasteiger partial charge in [-0.25, -0.2) is 4.68 Å². The van der Waals surface area contributed by atoms with Crippen LogP contribution in [0.15, 0.2) is 77.4 Å². The van der Waals surface area contributed by atoms with Crippen LogP contribution in [0.3, 0.4) is 0 Å². The Balaban J connectivity index is 1.72. The maximum atomic E-state index is 13.0. The number of nitrogens with one attached hydrogen (secondary N) is 1. The monoisotopic (exact) mass is 393 g/mol. The molecule has 4 aromatic rings. The highest BCUT2D eigenvalue weighted by Crippen LogP contribution is 2.28. The molecule has 0 atom stereocenters. The van der Waals surface area contributed by atoms with E-state index in [0.29, 0.717) is 33.6 Å². The summed E-state index contributed by atoms with van der Waals surface area (Å²) in [7, 11) is 1.55. The summed E-state index contributed by atoms with van der Waals surface area (Å²) in [6.45, 7) is 0. The van der Waals surface area contributed by atoms with E-state index in [4.69, 9.17) is 20.8 Å². The van der Waals surface area contributed by atoms with Crippen LogP contribution >= 0.6 is 11.6 Å². The molecular weight excluding hydrogens is 378 g/mol. The second kappa shape index (κ2) is 7.62. The Morgan fingerprint density at radius 3 is 2.61 bits per heavy atom. The molecule has 1 amide bonds. The molecule has 0 bridgehead atoms. The minimum absolute atomic E-state index is 0.346. The van der Waals surface area contributed by atoms with Crippen LogP contribution in [0.2, 0.25) is 5.02 Å². The van der Waals surface area contributed by atoms with Crippen molar-refractivity contribution in [1.82, 2.24) is 9.78 Å². The van der Waals surface area contributed by atoms with Gasteiger partial charge in [0.2, 0.25) is 0 Å². The first-order valence-corrected chi connectivity index (χ1v) is 8.88. The molecule has 140 valence electrons. The molecule has 0 aliphatic rings. The Bertz CT molecular complexity index is 1110. The number of hydrogen-bond donors (Lipinski definition) is 1. The number of benzene rings is 2. The lowest BCUT2D eigenvalue weighted by atomic mass is 10.2. The minimum atomic E-state index is -0.346. The summed E-state index contributed by atoms with van der Waals surface area (Å²) in [5, 5.41) is 7.75. The van der Waals surface area contributed by atoms with Gasteiger partial charge in [0.1, 0.15) is 17.1 Å². The number of methoxy groups -OCH3 is 1. The standard InChI is InChI=1S/C21H16ClN3O3/c1-27-15-9-10-17(16(22)12-15)23-21(26)19-13-18(20-8-5-11-28-20)24-25(19)14-6-3-2-4-7-14/h2-13H,1H3,(H,23,26). The maximum Gasteiger partial charge on any atom is 0.274 e. The number of carbonyl (C=O) groups excluding carboxylic acids is 1. The van der Waals surface area contributed by atoms with Crippen LogP contribution in [0, 0.1) is 0 Å². The van der Waals surface area contributed by atoms with Gasteiger partial charge in [-0.3, -0.25) is 4.79 Å². The highest BCUT2D eigenvalue weighted by atomic mass is 35.5. The van der Waals surface area contributed by atoms with Gasteiger partial charge in [0.15, 0.2) is 5.76 Å². The van der Waals surface area contributed by atoms with Gasteiger partial charge in [-0.05, 0) is 36.4 Å². The molecule has 0 spiro atoms. The zero-order valence-electron chi connectivity index (χ0n) is 14.9. The molecule has 0 unspecified atom stereocenters. The zero-order valence-corrected chi connectivity index (χ0v) is 15.7. The van der Waals surface area contributed by atoms with Gasteiger partial charge in [0, 0.05) is 12.1 Å². The Kier molecular flexibility index (Phi) is 4.87. The highest BCUT2D eigenvalue weighted by Gasteiger charge is 2.19. The van der Waals surface area contributed by atoms with E-state index < -0.39 is 0 Å². The van der Waals surface area contributed by atoms with Crippen LogP contribution < -0.4 is 10.1 Å². The van der Waals surface area contributed by atoms with Gasteiger partial charge in [-0.1, -0.05) is 29.8 Å². The summed E-state index contributed by atoms with van der Waals surface area (Å²) in [4.78, 5) is 13.0. The summed E-state index contributed by atoms with van der Waals surface area (Å²) >= 11 is 6.25. The van der Waals surface area contributed by atoms with Crippen LogP contribution in [0.25, 0.3) is 17.1 Å². The van der Waals surface area contributed by atoms with E-state index in [9.17, 15) is 4.79 Å². The van der Waals surface area contributed by atoms with Crippen LogP contribution in [0.5, 0.6) is 5.75 Å². The van der Waals surface area contributed by atoms with Crippen molar-refractivity contribution in [3.8, 4) is 22.9 Å². The molecule has 0 fully saturated rings. The van der Waals surface area contributed by atoms with E-state index in [-0.39, 0.29) is 5.91 Å². The number of aromatic nitrogens is 2. The first kappa shape index (κ1) is 17.9. The fourth-order valence-corrected chi connectivity index (χ4v) is 2.98. The quantitative estimate of drug-likeness (QED) is 0.515. The molecule has 0 radical (unpaired) electrons. The molecule has 7 heteroatoms. The minimum Gasteiger partial charge on any atom is -0.497 e. The van der Waals surface area contributed by atoms with E-state index in [0.717, 1.165) is 5.69 Å². The van der Waals surface area contributed by atoms with Crippen molar-refractivity contribution in [3.63, 3.8) is 0 Å². The summed E-state index contributed by atoms with van der Waals surface area (Å²) in [6, 6.07) is 19.7. The van der Waals surface area contributed by atoms with E-state index in [1.54, 1.807) is 54.5 Å². The molecule has 28 heavy (non-hydrogen) atoms. The summed E-state index contributed by atoms with van der Waals surface area (Å²) in [5.41, 5.74) is 2.14. The normalized spacial score (nSPS) is 10.6. The number of hydrogen-bond acceptors (Lipinski definition) is 4. The molecule has 0 saturated heterocycles. The van der Waals surface area contributed by atoms with E-state index in [2.05, 4.69) is 10.4 Å². The number of carbonyl (C=O) groups is 1. The Hall–Kier alpha value is -3.51. The van der Waals surface area contributed by atoms with Crippen LogP contribution in [0.4, 0.5) is 5.69 Å². The van der Waals surface area contributed by atoms with Crippen molar-refractivity contribution in [2.75, 3.05) is 12.4 Å². The van der Waals surface area contributed by atoms with Gasteiger partial charge in [0.05, 0.1) is 29.8 Å². The van der Waals surface area contributed by atoms with Gasteiger partial charge in [-0.15, -0.1) is 0 Å². The topological polar surface area (TPSA) is 69.3 Å². The van der Waals surface area contributed by atoms with Crippen molar-refractivity contribution >= 4 is 23.2 Å². The molecule has 2 heterocycles. The van der Waals surface area contributed by atoms with Crippen molar-refractivity contribution in [1.29, 1.82) is 0 Å². The lowest BCUT2D eigenvalue weighted by Gasteiger charge is -2.10. The van der Waals surface area contributed by atoms with Crippen molar-refractivity contribution in [2.24, 2.45) is 0 Å². The smallest absolute Gasteiger partial charge is 0.274 e. The van der Waals surface area contributed by atoms with E-state index in [1.165, 1.54) is 0 Å². The SMILES string of the molecule is COc1ccc(NC(=O)c2cc(-c3ccco3)nn2-c2ccccc2)c(Cl)c1. The lowest BCUT2D eigenvalue weighted by molar-refractivity contribution is 0.101. The fraction of sp³-hybridized carbons (Fsp3) is 0.0476. The predicted octanol–water partition coefficient (Wildman–Crippen LogP) is 5.05. The largest absolute Gasteiger partial charge is 0.497 e. The summed E-state index contributed by atoms with van der Waals surface area (Å²) in [6.07, 6.45) is 1.56. The molecule has 0 aliphatic heterocycles. The average molecular weight is 394 g/mol. The number of rotatable bonds is 5. The van der Waals surface area contributed by atoms with Gasteiger partial charge < -0.3 is 14.5 Å². The molecule has 0 aliphatic carbocycles. The van der Waals surface area contributed by atoms with Crippen LogP contribution in [-0.4, -0.2) is 22.8 Å². The summed E-state index contributed by atoms with van der Waals surface area (Å²) in [5.74, 6) is 0.838. The molecule has 0 saturated carbocycles. The number of anilines is 1. The van der Waals surface area contributed by atoms with Crippen LogP contribution in [-0.2, 0) is 0 Å². The highest BCUT2D eigenvalue weighted by molar-refractivity contribution is 6.34. The van der Waals surface area contributed by atoms with Crippen LogP contribution in [0.1, 0.15) is 10.5 Å². The number of amides is 1. The number of furan rings is 1. The van der Waals surface area contributed by atoms with Crippen molar-refractivity contribution in [2.45, 2.75) is 0 Å². The second-order valence-electron chi connectivity index (χ2n) is 5.94. The van der Waals surface area contributed by atoms with Gasteiger partial charge >= 0.3 is 0 Å². The Labute approximate surface area is 166 Å². The molecule has 6 nitrogen and oxygen atoms in total. The second-order valence-corrected chi connectivity index (χ2v) is 6.35. The molecule has 4 rings (SSSR count). The number of para-hydroxylation sites is 1. The average Bonchev–Trinajstić information content (AvgIpc) is 3.40. The number of halogens is 1. The fourth-order valence-electron chi connectivity index (χ4n) is 2.76. The number of ether oxygens (including phenoxy) is 1.